The molecule has 2 aromatic rings. The van der Waals surface area contributed by atoms with E-state index in [1.165, 1.54) is 4.90 Å². The number of hydrogen-bond donors (Lipinski definition) is 1. The topological polar surface area (TPSA) is 58.6 Å². The maximum atomic E-state index is 12.3. The van der Waals surface area contributed by atoms with E-state index >= 15 is 0 Å². The third-order valence-corrected chi connectivity index (χ3v) is 3.82. The lowest BCUT2D eigenvalue weighted by Gasteiger charge is -2.17. The summed E-state index contributed by atoms with van der Waals surface area (Å²) in [6, 6.07) is 12.7. The van der Waals surface area contributed by atoms with Crippen LogP contribution < -0.4 is 10.1 Å². The summed E-state index contributed by atoms with van der Waals surface area (Å²) in [6.45, 7) is 5.63. The first-order chi connectivity index (χ1) is 11.8. The molecule has 25 heavy (non-hydrogen) atoms. The Labute approximate surface area is 148 Å². The quantitative estimate of drug-likeness (QED) is 0.907. The van der Waals surface area contributed by atoms with Gasteiger partial charge >= 0.3 is 0 Å². The van der Waals surface area contributed by atoms with Gasteiger partial charge in [-0.15, -0.1) is 0 Å². The zero-order chi connectivity index (χ0) is 18.6. The normalized spacial score (nSPS) is 11.6. The highest BCUT2D eigenvalue weighted by Crippen LogP contribution is 2.21. The molecule has 0 spiro atoms. The van der Waals surface area contributed by atoms with E-state index in [0.717, 1.165) is 11.1 Å². The van der Waals surface area contributed by atoms with Gasteiger partial charge in [-0.25, -0.2) is 0 Å². The van der Waals surface area contributed by atoms with Crippen molar-refractivity contribution >= 4 is 17.5 Å². The second-order valence-electron chi connectivity index (χ2n) is 6.30. The average molecular weight is 340 g/mol. The van der Waals surface area contributed by atoms with Gasteiger partial charge in [0.2, 0.25) is 0 Å². The summed E-state index contributed by atoms with van der Waals surface area (Å²) in [5.74, 6) is 0.381. The van der Waals surface area contributed by atoms with Crippen LogP contribution in [-0.2, 0) is 4.79 Å². The first-order valence-electron chi connectivity index (χ1n) is 8.14. The number of amides is 2. The minimum Gasteiger partial charge on any atom is -0.481 e. The average Bonchev–Trinajstić information content (AvgIpc) is 2.58. The predicted octanol–water partition coefficient (Wildman–Crippen LogP) is 3.41. The van der Waals surface area contributed by atoms with Gasteiger partial charge in [-0.1, -0.05) is 12.1 Å². The summed E-state index contributed by atoms with van der Waals surface area (Å²) in [4.78, 5) is 25.7. The number of carbonyl (C=O) groups is 2. The molecule has 2 amide bonds. The van der Waals surface area contributed by atoms with Crippen molar-refractivity contribution in [2.75, 3.05) is 19.4 Å². The molecule has 2 aromatic carbocycles. The van der Waals surface area contributed by atoms with Crippen LogP contribution in [0.3, 0.4) is 0 Å². The van der Waals surface area contributed by atoms with E-state index in [4.69, 9.17) is 4.74 Å². The standard InChI is InChI=1S/C20H24N2O3/c1-13-6-7-14(2)18(12-13)25-15(3)19(23)21-17-10-8-16(9-11-17)20(24)22(4)5/h6-12,15H,1-5H3,(H,21,23). The third-order valence-electron chi connectivity index (χ3n) is 3.82. The Morgan fingerprint density at radius 2 is 1.68 bits per heavy atom. The fraction of sp³-hybridized carbons (Fsp3) is 0.300. The molecule has 1 atom stereocenters. The van der Waals surface area contributed by atoms with Gasteiger partial charge in [-0.05, 0) is 62.2 Å². The van der Waals surface area contributed by atoms with Crippen molar-refractivity contribution in [2.45, 2.75) is 26.9 Å². The Bertz CT molecular complexity index is 767. The molecule has 132 valence electrons. The molecule has 0 aliphatic carbocycles. The van der Waals surface area contributed by atoms with Gasteiger partial charge in [-0.3, -0.25) is 9.59 Å². The number of anilines is 1. The first-order valence-corrected chi connectivity index (χ1v) is 8.14. The van der Waals surface area contributed by atoms with E-state index in [9.17, 15) is 9.59 Å². The number of aryl methyl sites for hydroxylation is 2. The molecule has 1 N–H and O–H groups in total. The Kier molecular flexibility index (Phi) is 5.80. The molecular formula is C20H24N2O3. The largest absolute Gasteiger partial charge is 0.481 e. The Hall–Kier alpha value is -2.82. The van der Waals surface area contributed by atoms with E-state index in [1.807, 2.05) is 32.0 Å². The van der Waals surface area contributed by atoms with Gasteiger partial charge in [-0.2, -0.15) is 0 Å². The van der Waals surface area contributed by atoms with E-state index in [1.54, 1.807) is 45.3 Å². The zero-order valence-corrected chi connectivity index (χ0v) is 15.3. The van der Waals surface area contributed by atoms with Gasteiger partial charge in [0.1, 0.15) is 5.75 Å². The Balaban J connectivity index is 2.01. The summed E-state index contributed by atoms with van der Waals surface area (Å²) < 4.78 is 5.78. The predicted molar refractivity (Wildman–Crippen MR) is 99.1 cm³/mol. The van der Waals surface area contributed by atoms with Crippen LogP contribution in [0.1, 0.15) is 28.4 Å². The summed E-state index contributed by atoms with van der Waals surface area (Å²) in [5.41, 5.74) is 3.26. The van der Waals surface area contributed by atoms with Crippen LogP contribution in [0.25, 0.3) is 0 Å². The molecular weight excluding hydrogens is 316 g/mol. The molecule has 0 radical (unpaired) electrons. The monoisotopic (exact) mass is 340 g/mol. The molecule has 0 aromatic heterocycles. The number of nitrogens with zero attached hydrogens (tertiary/aromatic N) is 1. The minimum absolute atomic E-state index is 0.0792. The highest BCUT2D eigenvalue weighted by Gasteiger charge is 2.16. The minimum atomic E-state index is -0.636. The van der Waals surface area contributed by atoms with Crippen LogP contribution >= 0.6 is 0 Å². The number of carbonyl (C=O) groups excluding carboxylic acids is 2. The highest BCUT2D eigenvalue weighted by molar-refractivity contribution is 5.96. The van der Waals surface area contributed by atoms with Crippen molar-refractivity contribution in [1.82, 2.24) is 4.90 Å². The molecule has 5 heteroatoms. The molecule has 2 rings (SSSR count). The summed E-state index contributed by atoms with van der Waals surface area (Å²) in [7, 11) is 3.40. The van der Waals surface area contributed by atoms with Crippen molar-refractivity contribution in [2.24, 2.45) is 0 Å². The Morgan fingerprint density at radius 3 is 2.28 bits per heavy atom. The van der Waals surface area contributed by atoms with Crippen molar-refractivity contribution in [3.8, 4) is 5.75 Å². The van der Waals surface area contributed by atoms with Crippen molar-refractivity contribution in [3.63, 3.8) is 0 Å². The lowest BCUT2D eigenvalue weighted by atomic mass is 10.1. The molecule has 5 nitrogen and oxygen atoms in total. The van der Waals surface area contributed by atoms with Gasteiger partial charge in [0.25, 0.3) is 11.8 Å². The van der Waals surface area contributed by atoms with Gasteiger partial charge < -0.3 is 15.0 Å². The van der Waals surface area contributed by atoms with Crippen molar-refractivity contribution < 1.29 is 14.3 Å². The maximum Gasteiger partial charge on any atom is 0.265 e. The fourth-order valence-electron chi connectivity index (χ4n) is 2.28. The second-order valence-corrected chi connectivity index (χ2v) is 6.30. The molecule has 0 saturated heterocycles. The molecule has 0 bridgehead atoms. The second kappa shape index (κ2) is 7.83. The zero-order valence-electron chi connectivity index (χ0n) is 15.3. The first kappa shape index (κ1) is 18.5. The summed E-state index contributed by atoms with van der Waals surface area (Å²) in [5, 5.41) is 2.80. The van der Waals surface area contributed by atoms with Crippen LogP contribution in [0.4, 0.5) is 5.69 Å². The lowest BCUT2D eigenvalue weighted by Crippen LogP contribution is -2.30. The van der Waals surface area contributed by atoms with Gasteiger partial charge in [0, 0.05) is 25.3 Å². The number of hydrogen-bond acceptors (Lipinski definition) is 3. The SMILES string of the molecule is Cc1ccc(C)c(OC(C)C(=O)Nc2ccc(C(=O)N(C)C)cc2)c1. The Morgan fingerprint density at radius 1 is 1.04 bits per heavy atom. The molecule has 0 aliphatic rings. The number of nitrogens with one attached hydrogen (secondary N) is 1. The fourth-order valence-corrected chi connectivity index (χ4v) is 2.28. The van der Waals surface area contributed by atoms with Crippen molar-refractivity contribution in [3.05, 3.63) is 59.2 Å². The summed E-state index contributed by atoms with van der Waals surface area (Å²) in [6.07, 6.45) is -0.636. The number of ether oxygens (including phenoxy) is 1. The lowest BCUT2D eigenvalue weighted by molar-refractivity contribution is -0.122. The van der Waals surface area contributed by atoms with Crippen LogP contribution in [0.5, 0.6) is 5.75 Å². The summed E-state index contributed by atoms with van der Waals surface area (Å²) >= 11 is 0. The molecule has 0 saturated carbocycles. The van der Waals surface area contributed by atoms with Crippen LogP contribution in [0.2, 0.25) is 0 Å². The van der Waals surface area contributed by atoms with E-state index in [2.05, 4.69) is 5.32 Å². The molecule has 0 aliphatic heterocycles. The van der Waals surface area contributed by atoms with E-state index in [-0.39, 0.29) is 11.8 Å². The van der Waals surface area contributed by atoms with E-state index in [0.29, 0.717) is 17.0 Å². The van der Waals surface area contributed by atoms with E-state index < -0.39 is 6.10 Å². The molecule has 1 unspecified atom stereocenters. The van der Waals surface area contributed by atoms with Crippen LogP contribution in [-0.4, -0.2) is 36.9 Å². The van der Waals surface area contributed by atoms with Gasteiger partial charge in [0.05, 0.1) is 0 Å². The van der Waals surface area contributed by atoms with Crippen LogP contribution in [0, 0.1) is 13.8 Å². The van der Waals surface area contributed by atoms with Crippen molar-refractivity contribution in [1.29, 1.82) is 0 Å². The van der Waals surface area contributed by atoms with Crippen LogP contribution in [0.15, 0.2) is 42.5 Å². The third kappa shape index (κ3) is 4.83. The number of rotatable bonds is 5. The number of benzene rings is 2. The molecule has 0 heterocycles. The smallest absolute Gasteiger partial charge is 0.265 e. The maximum absolute atomic E-state index is 12.3. The molecule has 0 fully saturated rings. The van der Waals surface area contributed by atoms with Gasteiger partial charge in [0.15, 0.2) is 6.10 Å². The highest BCUT2D eigenvalue weighted by atomic mass is 16.5.